The van der Waals surface area contributed by atoms with Crippen molar-refractivity contribution < 1.29 is 14.3 Å². The second-order valence-electron chi connectivity index (χ2n) is 11.3. The second-order valence-corrected chi connectivity index (χ2v) is 12.2. The Hall–Kier alpha value is -3.13. The molecule has 3 aromatic rings. The van der Waals surface area contributed by atoms with Crippen LogP contribution >= 0.6 is 15.9 Å². The van der Waals surface area contributed by atoms with Gasteiger partial charge in [-0.05, 0) is 66.0 Å². The van der Waals surface area contributed by atoms with Crippen LogP contribution in [0.5, 0.6) is 0 Å². The summed E-state index contributed by atoms with van der Waals surface area (Å²) in [5.74, 6) is 0.0366. The van der Waals surface area contributed by atoms with Crippen molar-refractivity contribution in [2.45, 2.75) is 45.6 Å². The third-order valence-corrected chi connectivity index (χ3v) is 7.87. The van der Waals surface area contributed by atoms with E-state index in [4.69, 9.17) is 4.74 Å². The molecular formula is C29H33BrN4O3. The lowest BCUT2D eigenvalue weighted by molar-refractivity contribution is 0.0240. The summed E-state index contributed by atoms with van der Waals surface area (Å²) >= 11 is 3.75. The zero-order valence-electron chi connectivity index (χ0n) is 22.2. The Kier molecular flexibility index (Phi) is 6.21. The third kappa shape index (κ3) is 4.45. The highest BCUT2D eigenvalue weighted by Gasteiger charge is 2.40. The van der Waals surface area contributed by atoms with Crippen molar-refractivity contribution in [2.24, 2.45) is 4.99 Å². The molecule has 2 heterocycles. The van der Waals surface area contributed by atoms with Gasteiger partial charge in [-0.15, -0.1) is 0 Å². The number of benzene rings is 2. The summed E-state index contributed by atoms with van der Waals surface area (Å²) < 4.78 is 6.43. The molecule has 0 radical (unpaired) electrons. The maximum atomic E-state index is 13.8. The Morgan fingerprint density at radius 2 is 1.84 bits per heavy atom. The number of carbonyl (C=O) groups is 2. The van der Waals surface area contributed by atoms with Gasteiger partial charge in [0.15, 0.2) is 5.78 Å². The van der Waals surface area contributed by atoms with Crippen LogP contribution in [-0.2, 0) is 10.2 Å². The molecule has 0 unspecified atom stereocenters. The van der Waals surface area contributed by atoms with E-state index in [9.17, 15) is 9.59 Å². The summed E-state index contributed by atoms with van der Waals surface area (Å²) in [6.07, 6.45) is 1.54. The highest BCUT2D eigenvalue weighted by atomic mass is 79.9. The Balaban J connectivity index is 1.48. The van der Waals surface area contributed by atoms with E-state index in [1.807, 2.05) is 51.3 Å². The molecule has 8 heteroatoms. The van der Waals surface area contributed by atoms with Crippen LogP contribution in [0.15, 0.2) is 39.8 Å². The molecule has 1 aliphatic heterocycles. The monoisotopic (exact) mass is 564 g/mol. The van der Waals surface area contributed by atoms with Gasteiger partial charge >= 0.3 is 6.09 Å². The zero-order valence-corrected chi connectivity index (χ0v) is 23.8. The van der Waals surface area contributed by atoms with E-state index < -0.39 is 11.0 Å². The lowest BCUT2D eigenvalue weighted by Gasteiger charge is -2.38. The minimum absolute atomic E-state index is 0.0366. The molecule has 5 rings (SSSR count). The molecule has 7 nitrogen and oxygen atoms in total. The summed E-state index contributed by atoms with van der Waals surface area (Å²) in [4.78, 5) is 38.0. The van der Waals surface area contributed by atoms with E-state index >= 15 is 0 Å². The molecular weight excluding hydrogens is 532 g/mol. The van der Waals surface area contributed by atoms with Crippen LogP contribution < -0.4 is 4.90 Å². The number of H-pyrrole nitrogens is 1. The van der Waals surface area contributed by atoms with Gasteiger partial charge in [0.2, 0.25) is 0 Å². The molecule has 37 heavy (non-hydrogen) atoms. The first kappa shape index (κ1) is 25.5. The number of carbonyl (C=O) groups excluding carboxylic acids is 2. The van der Waals surface area contributed by atoms with Crippen molar-refractivity contribution >= 4 is 50.6 Å². The van der Waals surface area contributed by atoms with Crippen molar-refractivity contribution in [2.75, 3.05) is 38.1 Å². The van der Waals surface area contributed by atoms with Gasteiger partial charge < -0.3 is 19.5 Å². The van der Waals surface area contributed by atoms with Gasteiger partial charge in [0.1, 0.15) is 5.60 Å². The van der Waals surface area contributed by atoms with Crippen molar-refractivity contribution in [3.63, 3.8) is 0 Å². The van der Waals surface area contributed by atoms with Crippen LogP contribution in [0.25, 0.3) is 10.9 Å². The number of aromatic amines is 1. The maximum absolute atomic E-state index is 13.8. The number of aliphatic imine (C=N–C) groups is 1. The third-order valence-electron chi connectivity index (χ3n) is 7.23. The number of ketones is 1. The fourth-order valence-corrected chi connectivity index (χ4v) is 5.98. The van der Waals surface area contributed by atoms with Crippen LogP contribution in [0.2, 0.25) is 0 Å². The number of fused-ring (bicyclic) bond motifs is 4. The van der Waals surface area contributed by atoms with Crippen LogP contribution in [-0.4, -0.2) is 66.8 Å². The molecule has 0 spiro atoms. The van der Waals surface area contributed by atoms with Crippen LogP contribution in [0, 0.1) is 0 Å². The number of amides is 1. The molecule has 1 N–H and O–H groups in total. The predicted molar refractivity (Wildman–Crippen MR) is 152 cm³/mol. The number of halogens is 1. The van der Waals surface area contributed by atoms with Crippen LogP contribution in [0.3, 0.4) is 0 Å². The average Bonchev–Trinajstić information content (AvgIpc) is 3.22. The summed E-state index contributed by atoms with van der Waals surface area (Å²) in [5, 5.41) is 0.936. The summed E-state index contributed by atoms with van der Waals surface area (Å²) in [6, 6.07) is 10.2. The smallest absolute Gasteiger partial charge is 0.410 e. The van der Waals surface area contributed by atoms with Gasteiger partial charge in [-0.3, -0.25) is 9.79 Å². The van der Waals surface area contributed by atoms with Gasteiger partial charge in [-0.2, -0.15) is 0 Å². The van der Waals surface area contributed by atoms with E-state index in [2.05, 4.69) is 50.7 Å². The van der Waals surface area contributed by atoms with Gasteiger partial charge in [-0.25, -0.2) is 4.79 Å². The van der Waals surface area contributed by atoms with Crippen molar-refractivity contribution in [1.82, 2.24) is 9.88 Å². The SMILES string of the molecule is CN=Cc1ccc2c3c([nH]c2c1)C(C)(C)c1cc(N2CCN(C(=O)OC(C)(C)C)CC2)c(Br)cc1C3=O. The Labute approximate surface area is 226 Å². The number of anilines is 1. The lowest BCUT2D eigenvalue weighted by atomic mass is 9.71. The van der Waals surface area contributed by atoms with Crippen molar-refractivity contribution in [1.29, 1.82) is 0 Å². The first-order valence-corrected chi connectivity index (χ1v) is 13.4. The van der Waals surface area contributed by atoms with E-state index in [0.717, 1.165) is 49.0 Å². The number of nitrogens with zero attached hydrogens (tertiary/aromatic N) is 3. The molecule has 0 bridgehead atoms. The summed E-state index contributed by atoms with van der Waals surface area (Å²) in [5.41, 5.74) is 5.46. The van der Waals surface area contributed by atoms with Gasteiger partial charge in [0.05, 0.1) is 11.3 Å². The minimum Gasteiger partial charge on any atom is -0.444 e. The van der Waals surface area contributed by atoms with E-state index in [1.54, 1.807) is 11.9 Å². The Morgan fingerprint density at radius 3 is 2.49 bits per heavy atom. The molecule has 1 aromatic heterocycles. The molecule has 0 saturated carbocycles. The first-order chi connectivity index (χ1) is 17.4. The number of aromatic nitrogens is 1. The molecule has 1 fully saturated rings. The molecule has 1 saturated heterocycles. The van der Waals surface area contributed by atoms with Gasteiger partial charge in [0.25, 0.3) is 0 Å². The molecule has 194 valence electrons. The Morgan fingerprint density at radius 1 is 1.14 bits per heavy atom. The van der Waals surface area contributed by atoms with Crippen molar-refractivity contribution in [3.05, 3.63) is 62.8 Å². The molecule has 0 atom stereocenters. The molecule has 2 aliphatic rings. The average molecular weight is 566 g/mol. The predicted octanol–water partition coefficient (Wildman–Crippen LogP) is 5.91. The fraction of sp³-hybridized carbons (Fsp3) is 0.414. The normalized spacial score (nSPS) is 17.3. The standard InChI is InChI=1S/C29H33BrN4O3/c1-28(2,3)37-27(36)34-11-9-33(10-12-34)23-15-20-19(14-21(23)30)25(35)24-18-8-7-17(16-31-6)13-22(18)32-26(24)29(20,4)5/h7-8,13-16,32H,9-12H2,1-6H3. The number of rotatable bonds is 2. The van der Waals surface area contributed by atoms with E-state index in [-0.39, 0.29) is 11.9 Å². The van der Waals surface area contributed by atoms with E-state index in [1.165, 1.54) is 0 Å². The molecule has 1 amide bonds. The maximum Gasteiger partial charge on any atom is 0.410 e. The molecule has 1 aliphatic carbocycles. The highest BCUT2D eigenvalue weighted by Crippen LogP contribution is 2.46. The number of hydrogen-bond acceptors (Lipinski definition) is 5. The lowest BCUT2D eigenvalue weighted by Crippen LogP contribution is -2.50. The summed E-state index contributed by atoms with van der Waals surface area (Å²) in [6.45, 7) is 12.5. The van der Waals surface area contributed by atoms with Crippen LogP contribution in [0.1, 0.15) is 67.4 Å². The molecule has 2 aromatic carbocycles. The van der Waals surface area contributed by atoms with Gasteiger partial charge in [0, 0.05) is 71.5 Å². The Bertz CT molecular complexity index is 1440. The first-order valence-electron chi connectivity index (χ1n) is 12.6. The quantitative estimate of drug-likeness (QED) is 0.392. The highest BCUT2D eigenvalue weighted by molar-refractivity contribution is 9.10. The van der Waals surface area contributed by atoms with E-state index in [0.29, 0.717) is 26.2 Å². The second kappa shape index (κ2) is 9.01. The largest absolute Gasteiger partial charge is 0.444 e. The number of hydrogen-bond donors (Lipinski definition) is 1. The van der Waals surface area contributed by atoms with Gasteiger partial charge in [-0.1, -0.05) is 26.0 Å². The van der Waals surface area contributed by atoms with Crippen LogP contribution in [0.4, 0.5) is 10.5 Å². The number of piperazine rings is 1. The zero-order chi connectivity index (χ0) is 26.7. The topological polar surface area (TPSA) is 78.0 Å². The number of ether oxygens (including phenoxy) is 1. The minimum atomic E-state index is -0.513. The fourth-order valence-electron chi connectivity index (χ4n) is 5.38. The number of nitrogens with one attached hydrogen (secondary N) is 1. The van der Waals surface area contributed by atoms with Crippen molar-refractivity contribution in [3.8, 4) is 0 Å². The summed E-state index contributed by atoms with van der Waals surface area (Å²) in [7, 11) is 1.75.